The molecule has 0 unspecified atom stereocenters. The minimum absolute atomic E-state index is 0.0896. The predicted octanol–water partition coefficient (Wildman–Crippen LogP) is 3.42. The number of rotatable bonds is 4. The summed E-state index contributed by atoms with van der Waals surface area (Å²) >= 11 is 2.99. The molecule has 28 heavy (non-hydrogen) atoms. The number of hydrogen-bond donors (Lipinski definition) is 0. The Morgan fingerprint density at radius 2 is 1.79 bits per heavy atom. The number of aromatic nitrogens is 2. The van der Waals surface area contributed by atoms with Crippen LogP contribution in [0.5, 0.6) is 0 Å². The van der Waals surface area contributed by atoms with Gasteiger partial charge in [0.1, 0.15) is 5.69 Å². The first-order chi connectivity index (χ1) is 13.6. The number of hydrogen-bond acceptors (Lipinski definition) is 7. The van der Waals surface area contributed by atoms with Gasteiger partial charge in [0.15, 0.2) is 4.96 Å². The van der Waals surface area contributed by atoms with Crippen LogP contribution >= 0.6 is 22.7 Å². The first kappa shape index (κ1) is 16.8. The van der Waals surface area contributed by atoms with Crippen molar-refractivity contribution >= 4 is 45.4 Å². The van der Waals surface area contributed by atoms with Gasteiger partial charge in [0.25, 0.3) is 11.8 Å². The molecule has 1 aliphatic heterocycles. The molecule has 7 nitrogen and oxygen atoms in total. The Kier molecular flexibility index (Phi) is 3.85. The lowest BCUT2D eigenvalue weighted by molar-refractivity contribution is -0.167. The van der Waals surface area contributed by atoms with Crippen molar-refractivity contribution in [3.05, 3.63) is 70.2 Å². The zero-order chi connectivity index (χ0) is 19.3. The van der Waals surface area contributed by atoms with E-state index in [-0.39, 0.29) is 17.5 Å². The molecule has 138 valence electrons. The number of nitrogens with zero attached hydrogens (tertiary/aromatic N) is 3. The number of benzene rings is 1. The maximum Gasteiger partial charge on any atom is 0.339 e. The minimum atomic E-state index is -0.694. The molecule has 1 aromatic carbocycles. The van der Waals surface area contributed by atoms with Gasteiger partial charge < -0.3 is 4.84 Å². The fourth-order valence-electron chi connectivity index (χ4n) is 3.03. The maximum absolute atomic E-state index is 12.4. The Morgan fingerprint density at radius 3 is 2.46 bits per heavy atom. The van der Waals surface area contributed by atoms with E-state index in [0.29, 0.717) is 10.8 Å². The molecule has 0 spiro atoms. The van der Waals surface area contributed by atoms with Gasteiger partial charge in [0.2, 0.25) is 0 Å². The number of fused-ring (bicyclic) bond motifs is 2. The van der Waals surface area contributed by atoms with Crippen molar-refractivity contribution in [3.63, 3.8) is 0 Å². The molecule has 0 N–H and O–H groups in total. The minimum Gasteiger partial charge on any atom is -0.329 e. The van der Waals surface area contributed by atoms with Gasteiger partial charge in [-0.05, 0) is 23.6 Å². The molecule has 0 radical (unpaired) electrons. The monoisotopic (exact) mass is 409 g/mol. The summed E-state index contributed by atoms with van der Waals surface area (Å²) in [6.45, 7) is 0. The molecule has 9 heteroatoms. The van der Waals surface area contributed by atoms with Gasteiger partial charge in [-0.3, -0.25) is 14.0 Å². The molecule has 0 saturated heterocycles. The van der Waals surface area contributed by atoms with E-state index in [9.17, 15) is 14.4 Å². The normalized spacial score (nSPS) is 13.4. The first-order valence-electron chi connectivity index (χ1n) is 8.30. The van der Waals surface area contributed by atoms with E-state index < -0.39 is 17.8 Å². The molecular formula is C19H11N3O4S2. The van der Waals surface area contributed by atoms with Crippen LogP contribution in [0.1, 0.15) is 26.4 Å². The van der Waals surface area contributed by atoms with Gasteiger partial charge in [-0.15, -0.1) is 22.7 Å². The zero-order valence-electron chi connectivity index (χ0n) is 14.2. The highest BCUT2D eigenvalue weighted by molar-refractivity contribution is 7.15. The average molecular weight is 409 g/mol. The molecule has 0 atom stereocenters. The first-order valence-corrected chi connectivity index (χ1v) is 10.1. The van der Waals surface area contributed by atoms with Crippen LogP contribution < -0.4 is 0 Å². The van der Waals surface area contributed by atoms with Gasteiger partial charge in [-0.25, -0.2) is 9.78 Å². The zero-order valence-corrected chi connectivity index (χ0v) is 15.8. The Bertz CT molecular complexity index is 1200. The molecule has 0 bridgehead atoms. The SMILES string of the molecule is O=C(Cc1csc2nc(-c3cccs3)cn12)ON1C(=O)c2ccccc2C1=O. The van der Waals surface area contributed by atoms with Crippen molar-refractivity contribution in [1.29, 1.82) is 0 Å². The number of imidazole rings is 1. The number of carbonyl (C=O) groups excluding carboxylic acids is 3. The van der Waals surface area contributed by atoms with E-state index >= 15 is 0 Å². The van der Waals surface area contributed by atoms with E-state index in [4.69, 9.17) is 4.84 Å². The van der Waals surface area contributed by atoms with Crippen LogP contribution in [0.4, 0.5) is 0 Å². The fraction of sp³-hybridized carbons (Fsp3) is 0.0526. The molecule has 3 aromatic heterocycles. The number of thiazole rings is 1. The summed E-state index contributed by atoms with van der Waals surface area (Å²) in [6, 6.07) is 10.3. The summed E-state index contributed by atoms with van der Waals surface area (Å²) in [7, 11) is 0. The lowest BCUT2D eigenvalue weighted by Crippen LogP contribution is -2.33. The van der Waals surface area contributed by atoms with Crippen LogP contribution in [0.3, 0.4) is 0 Å². The molecule has 4 heterocycles. The highest BCUT2D eigenvalue weighted by Gasteiger charge is 2.38. The summed E-state index contributed by atoms with van der Waals surface area (Å²) in [5.41, 5.74) is 1.97. The van der Waals surface area contributed by atoms with Crippen LogP contribution in [0, 0.1) is 0 Å². The second-order valence-electron chi connectivity index (χ2n) is 6.07. The van der Waals surface area contributed by atoms with E-state index in [1.54, 1.807) is 23.5 Å². The Balaban J connectivity index is 1.35. The van der Waals surface area contributed by atoms with Crippen molar-refractivity contribution < 1.29 is 19.2 Å². The average Bonchev–Trinajstić information content (AvgIpc) is 3.45. The smallest absolute Gasteiger partial charge is 0.329 e. The Hall–Kier alpha value is -3.30. The molecule has 0 fully saturated rings. The standard InChI is InChI=1S/C19H11N3O4S2/c23-16(26-22-17(24)12-4-1-2-5-13(12)18(22)25)8-11-10-28-19-20-14(9-21(11)19)15-6-3-7-27-15/h1-7,9-10H,8H2. The van der Waals surface area contributed by atoms with Crippen molar-refractivity contribution in [2.24, 2.45) is 0 Å². The van der Waals surface area contributed by atoms with Crippen LogP contribution in [0.2, 0.25) is 0 Å². The molecular weight excluding hydrogens is 398 g/mol. The van der Waals surface area contributed by atoms with Crippen LogP contribution in [-0.4, -0.2) is 32.2 Å². The van der Waals surface area contributed by atoms with Crippen molar-refractivity contribution in [3.8, 4) is 10.6 Å². The number of imide groups is 1. The maximum atomic E-state index is 12.4. The lowest BCUT2D eigenvalue weighted by Gasteiger charge is -2.12. The van der Waals surface area contributed by atoms with E-state index in [1.165, 1.54) is 23.5 Å². The number of amides is 2. The van der Waals surface area contributed by atoms with Gasteiger partial charge in [-0.2, -0.15) is 0 Å². The quantitative estimate of drug-likeness (QED) is 0.483. The lowest BCUT2D eigenvalue weighted by atomic mass is 10.1. The number of hydroxylamine groups is 2. The predicted molar refractivity (Wildman–Crippen MR) is 103 cm³/mol. The van der Waals surface area contributed by atoms with Crippen molar-refractivity contribution in [2.75, 3.05) is 0 Å². The summed E-state index contributed by atoms with van der Waals surface area (Å²) in [6.07, 6.45) is 1.77. The van der Waals surface area contributed by atoms with E-state index in [2.05, 4.69) is 4.98 Å². The summed E-state index contributed by atoms with van der Waals surface area (Å²) in [5, 5.41) is 4.31. The topological polar surface area (TPSA) is 81.0 Å². The third kappa shape index (κ3) is 2.63. The molecule has 4 aromatic rings. The van der Waals surface area contributed by atoms with E-state index in [0.717, 1.165) is 15.5 Å². The largest absolute Gasteiger partial charge is 0.339 e. The van der Waals surface area contributed by atoms with E-state index in [1.807, 2.05) is 33.5 Å². The number of carbonyl (C=O) groups is 3. The van der Waals surface area contributed by atoms with Crippen LogP contribution in [0.15, 0.2) is 53.4 Å². The van der Waals surface area contributed by atoms with Crippen LogP contribution in [0.25, 0.3) is 15.5 Å². The van der Waals surface area contributed by atoms with Crippen molar-refractivity contribution in [1.82, 2.24) is 14.4 Å². The third-order valence-corrected chi connectivity index (χ3v) is 6.11. The van der Waals surface area contributed by atoms with Crippen LogP contribution in [-0.2, 0) is 16.1 Å². The van der Waals surface area contributed by atoms with Gasteiger partial charge in [-0.1, -0.05) is 23.3 Å². The summed E-state index contributed by atoms with van der Waals surface area (Å²) < 4.78 is 1.82. The molecule has 1 aliphatic rings. The van der Waals surface area contributed by atoms with Gasteiger partial charge in [0.05, 0.1) is 22.4 Å². The Morgan fingerprint density at radius 1 is 1.04 bits per heavy atom. The van der Waals surface area contributed by atoms with Crippen molar-refractivity contribution in [2.45, 2.75) is 6.42 Å². The second-order valence-corrected chi connectivity index (χ2v) is 7.86. The Labute approximate surface area is 166 Å². The number of thiophene rings is 1. The molecule has 5 rings (SSSR count). The molecule has 0 saturated carbocycles. The highest BCUT2D eigenvalue weighted by atomic mass is 32.1. The van der Waals surface area contributed by atoms with Gasteiger partial charge in [0, 0.05) is 17.3 Å². The third-order valence-electron chi connectivity index (χ3n) is 4.33. The second kappa shape index (κ2) is 6.39. The highest BCUT2D eigenvalue weighted by Crippen LogP contribution is 2.27. The fourth-order valence-corrected chi connectivity index (χ4v) is 4.58. The molecule has 0 aliphatic carbocycles. The molecule has 2 amide bonds. The van der Waals surface area contributed by atoms with Gasteiger partial charge >= 0.3 is 5.97 Å². The summed E-state index contributed by atoms with van der Waals surface area (Å²) in [5.74, 6) is -1.96. The summed E-state index contributed by atoms with van der Waals surface area (Å²) in [4.78, 5) is 48.4.